The molecule has 1 aliphatic rings. The van der Waals surface area contributed by atoms with E-state index >= 15 is 0 Å². The molecular weight excluding hydrogens is 302 g/mol. The van der Waals surface area contributed by atoms with Crippen LogP contribution in [0.2, 0.25) is 0 Å². The zero-order chi connectivity index (χ0) is 15.5. The molecule has 1 N–H and O–H groups in total. The minimum absolute atomic E-state index is 0.111. The first kappa shape index (κ1) is 14.9. The van der Waals surface area contributed by atoms with Crippen LogP contribution in [0.25, 0.3) is 0 Å². The summed E-state index contributed by atoms with van der Waals surface area (Å²) in [7, 11) is 1.93. The highest BCUT2D eigenvalue weighted by molar-refractivity contribution is 7.12. The quantitative estimate of drug-likeness (QED) is 0.919. The zero-order valence-corrected chi connectivity index (χ0v) is 13.5. The van der Waals surface area contributed by atoms with Crippen LogP contribution in [0.4, 0.5) is 0 Å². The molecule has 2 aromatic rings. The molecule has 6 nitrogen and oxygen atoms in total. The summed E-state index contributed by atoms with van der Waals surface area (Å²) < 4.78 is 13.0. The lowest BCUT2D eigenvalue weighted by atomic mass is 10.1. The first-order chi connectivity index (χ1) is 10.7. The van der Waals surface area contributed by atoms with Crippen LogP contribution < -0.4 is 14.8 Å². The second-order valence-corrected chi connectivity index (χ2v) is 6.05. The van der Waals surface area contributed by atoms with E-state index in [9.17, 15) is 4.79 Å². The van der Waals surface area contributed by atoms with Crippen LogP contribution in [-0.2, 0) is 7.05 Å². The van der Waals surface area contributed by atoms with Gasteiger partial charge in [-0.15, -0.1) is 11.3 Å². The normalized spacial score (nSPS) is 14.6. The summed E-state index contributed by atoms with van der Waals surface area (Å²) in [6.45, 7) is 3.09. The molecule has 0 saturated heterocycles. The van der Waals surface area contributed by atoms with Crippen LogP contribution in [-0.4, -0.2) is 28.7 Å². The van der Waals surface area contributed by atoms with Crippen molar-refractivity contribution in [1.29, 1.82) is 0 Å². The summed E-state index contributed by atoms with van der Waals surface area (Å²) in [6, 6.07) is -0.111. The third-order valence-electron chi connectivity index (χ3n) is 3.56. The van der Waals surface area contributed by atoms with E-state index in [1.54, 1.807) is 6.20 Å². The highest BCUT2D eigenvalue weighted by Gasteiger charge is 2.26. The Hall–Kier alpha value is -2.02. The predicted octanol–water partition coefficient (Wildman–Crippen LogP) is 2.52. The number of thiophene rings is 1. The highest BCUT2D eigenvalue weighted by Crippen LogP contribution is 2.39. The van der Waals surface area contributed by atoms with Gasteiger partial charge in [-0.25, -0.2) is 4.98 Å². The number of nitrogens with one attached hydrogen (secondary N) is 1. The van der Waals surface area contributed by atoms with Crippen molar-refractivity contribution in [1.82, 2.24) is 14.9 Å². The van der Waals surface area contributed by atoms with Gasteiger partial charge in [0.1, 0.15) is 23.9 Å². The van der Waals surface area contributed by atoms with Crippen molar-refractivity contribution in [3.05, 3.63) is 28.5 Å². The number of carbonyl (C=O) groups excluding carboxylic acids is 1. The molecule has 3 heterocycles. The molecule has 7 heteroatoms. The first-order valence-electron chi connectivity index (χ1n) is 7.36. The Kier molecular flexibility index (Phi) is 4.33. The molecule has 0 aliphatic carbocycles. The van der Waals surface area contributed by atoms with Crippen molar-refractivity contribution in [2.24, 2.45) is 7.05 Å². The Morgan fingerprint density at radius 1 is 1.50 bits per heavy atom. The lowest BCUT2D eigenvalue weighted by Crippen LogP contribution is -2.30. The number of ether oxygens (including phenoxy) is 2. The number of aromatic nitrogens is 2. The number of hydrogen-bond donors (Lipinski definition) is 1. The van der Waals surface area contributed by atoms with Crippen LogP contribution in [0.5, 0.6) is 11.5 Å². The van der Waals surface area contributed by atoms with E-state index in [1.165, 1.54) is 11.3 Å². The van der Waals surface area contributed by atoms with Crippen molar-refractivity contribution >= 4 is 17.2 Å². The third kappa shape index (κ3) is 2.81. The van der Waals surface area contributed by atoms with Crippen molar-refractivity contribution in [2.75, 3.05) is 13.2 Å². The number of imidazole rings is 1. The van der Waals surface area contributed by atoms with Gasteiger partial charge in [0.15, 0.2) is 11.5 Å². The monoisotopic (exact) mass is 321 g/mol. The number of carbonyl (C=O) groups is 1. The van der Waals surface area contributed by atoms with E-state index in [-0.39, 0.29) is 11.9 Å². The Morgan fingerprint density at radius 2 is 2.32 bits per heavy atom. The molecule has 118 valence electrons. The van der Waals surface area contributed by atoms with E-state index in [4.69, 9.17) is 9.47 Å². The molecule has 0 radical (unpaired) electrons. The van der Waals surface area contributed by atoms with Gasteiger partial charge in [-0.05, 0) is 6.42 Å². The molecule has 0 unspecified atom stereocenters. The van der Waals surface area contributed by atoms with Crippen molar-refractivity contribution in [3.8, 4) is 11.5 Å². The van der Waals surface area contributed by atoms with Crippen molar-refractivity contribution in [3.63, 3.8) is 0 Å². The van der Waals surface area contributed by atoms with Gasteiger partial charge < -0.3 is 19.4 Å². The zero-order valence-electron chi connectivity index (χ0n) is 12.7. The summed E-state index contributed by atoms with van der Waals surface area (Å²) in [6.07, 6.45) is 5.42. The number of fused-ring (bicyclic) bond motifs is 1. The van der Waals surface area contributed by atoms with E-state index in [0.717, 1.165) is 18.7 Å². The number of hydrogen-bond acceptors (Lipinski definition) is 5. The summed E-state index contributed by atoms with van der Waals surface area (Å²) in [4.78, 5) is 17.5. The molecule has 0 fully saturated rings. The molecule has 0 bridgehead atoms. The minimum Gasteiger partial charge on any atom is -0.485 e. The fourth-order valence-electron chi connectivity index (χ4n) is 2.51. The van der Waals surface area contributed by atoms with Gasteiger partial charge in [0.25, 0.3) is 5.91 Å². The largest absolute Gasteiger partial charge is 0.485 e. The van der Waals surface area contributed by atoms with Crippen LogP contribution in [0.1, 0.15) is 41.3 Å². The average molecular weight is 321 g/mol. The SMILES string of the molecule is CCC[C@@H](NC(=O)c1scc2c1OCCO2)c1nccn1C. The van der Waals surface area contributed by atoms with Gasteiger partial charge in [-0.1, -0.05) is 13.3 Å². The maximum Gasteiger partial charge on any atom is 0.265 e. The average Bonchev–Trinajstić information content (AvgIpc) is 3.12. The third-order valence-corrected chi connectivity index (χ3v) is 4.50. The van der Waals surface area contributed by atoms with Gasteiger partial charge in [0.2, 0.25) is 0 Å². The molecule has 1 aliphatic heterocycles. The molecule has 1 amide bonds. The minimum atomic E-state index is -0.141. The summed E-state index contributed by atoms with van der Waals surface area (Å²) in [5.74, 6) is 1.94. The second kappa shape index (κ2) is 6.39. The first-order valence-corrected chi connectivity index (χ1v) is 8.23. The molecule has 3 rings (SSSR count). The molecule has 2 aromatic heterocycles. The molecule has 1 atom stereocenters. The summed E-state index contributed by atoms with van der Waals surface area (Å²) in [5, 5.41) is 4.88. The predicted molar refractivity (Wildman–Crippen MR) is 83.6 cm³/mol. The topological polar surface area (TPSA) is 65.4 Å². The highest BCUT2D eigenvalue weighted by atomic mass is 32.1. The molecule has 0 spiro atoms. The number of nitrogens with zero attached hydrogens (tertiary/aromatic N) is 2. The van der Waals surface area contributed by atoms with Gasteiger partial charge in [0.05, 0.1) is 6.04 Å². The van der Waals surface area contributed by atoms with Gasteiger partial charge in [0, 0.05) is 24.8 Å². The molecular formula is C15H19N3O3S. The number of amides is 1. The molecule has 22 heavy (non-hydrogen) atoms. The standard InChI is InChI=1S/C15H19N3O3S/c1-3-4-10(14-16-5-6-18(14)2)17-15(19)13-12-11(9-22-13)20-7-8-21-12/h5-6,9-10H,3-4,7-8H2,1-2H3,(H,17,19)/t10-/m1/s1. The van der Waals surface area contributed by atoms with E-state index in [0.29, 0.717) is 29.6 Å². The van der Waals surface area contributed by atoms with E-state index in [1.807, 2.05) is 23.2 Å². The Morgan fingerprint density at radius 3 is 3.05 bits per heavy atom. The van der Waals surface area contributed by atoms with Crippen molar-refractivity contribution < 1.29 is 14.3 Å². The van der Waals surface area contributed by atoms with Crippen LogP contribution in [0.3, 0.4) is 0 Å². The van der Waals surface area contributed by atoms with Crippen LogP contribution in [0, 0.1) is 0 Å². The van der Waals surface area contributed by atoms with Crippen LogP contribution >= 0.6 is 11.3 Å². The summed E-state index contributed by atoms with van der Waals surface area (Å²) in [5.41, 5.74) is 0. The Balaban J connectivity index is 1.80. The molecule has 0 saturated carbocycles. The summed E-state index contributed by atoms with van der Waals surface area (Å²) >= 11 is 1.35. The second-order valence-electron chi connectivity index (χ2n) is 5.17. The number of rotatable bonds is 5. The van der Waals surface area contributed by atoms with E-state index < -0.39 is 0 Å². The maximum atomic E-state index is 12.6. The van der Waals surface area contributed by atoms with E-state index in [2.05, 4.69) is 17.2 Å². The van der Waals surface area contributed by atoms with Crippen molar-refractivity contribution in [2.45, 2.75) is 25.8 Å². The van der Waals surface area contributed by atoms with Gasteiger partial charge in [-0.2, -0.15) is 0 Å². The molecule has 0 aromatic carbocycles. The lowest BCUT2D eigenvalue weighted by Gasteiger charge is -2.19. The van der Waals surface area contributed by atoms with Gasteiger partial charge in [-0.3, -0.25) is 4.79 Å². The maximum absolute atomic E-state index is 12.6. The fraction of sp³-hybridized carbons (Fsp3) is 0.467. The fourth-order valence-corrected chi connectivity index (χ4v) is 3.34. The Labute approximate surface area is 133 Å². The smallest absolute Gasteiger partial charge is 0.265 e. The Bertz CT molecular complexity index is 665. The van der Waals surface area contributed by atoms with Gasteiger partial charge >= 0.3 is 0 Å². The lowest BCUT2D eigenvalue weighted by molar-refractivity contribution is 0.0927. The van der Waals surface area contributed by atoms with Crippen LogP contribution in [0.15, 0.2) is 17.8 Å². The number of aryl methyl sites for hydroxylation is 1.